The number of hydrogen-bond acceptors (Lipinski definition) is 3. The van der Waals surface area contributed by atoms with E-state index in [1.807, 2.05) is 12.1 Å². The Labute approximate surface area is 121 Å². The number of guanidine groups is 1. The summed E-state index contributed by atoms with van der Waals surface area (Å²) < 4.78 is 0.912. The van der Waals surface area contributed by atoms with E-state index >= 15 is 0 Å². The first-order valence-corrected chi connectivity index (χ1v) is 7.25. The molecule has 2 N–H and O–H groups in total. The fourth-order valence-corrected chi connectivity index (χ4v) is 2.66. The van der Waals surface area contributed by atoms with Crippen LogP contribution in [0.5, 0.6) is 0 Å². The standard InChI is InChI=1S/C13H17BrClN3/c1-3-8(2)18-12(7-17-13(18)16)9-4-5-10(14)11(15)6-9/h4-6,8,12H,3,7H2,1-2H3,(H2,16,17). The highest BCUT2D eigenvalue weighted by Crippen LogP contribution is 2.32. The van der Waals surface area contributed by atoms with Crippen molar-refractivity contribution < 1.29 is 0 Å². The van der Waals surface area contributed by atoms with Crippen molar-refractivity contribution in [3.05, 3.63) is 33.3 Å². The summed E-state index contributed by atoms with van der Waals surface area (Å²) in [5.41, 5.74) is 7.14. The second kappa shape index (κ2) is 5.49. The van der Waals surface area contributed by atoms with E-state index in [2.05, 4.69) is 45.7 Å². The van der Waals surface area contributed by atoms with Gasteiger partial charge in [-0.05, 0) is 47.0 Å². The van der Waals surface area contributed by atoms with E-state index in [0.29, 0.717) is 18.5 Å². The molecule has 2 unspecified atom stereocenters. The first kappa shape index (κ1) is 13.7. The molecule has 3 nitrogen and oxygen atoms in total. The predicted octanol–water partition coefficient (Wildman–Crippen LogP) is 3.57. The summed E-state index contributed by atoms with van der Waals surface area (Å²) in [6.07, 6.45) is 1.04. The Morgan fingerprint density at radius 3 is 2.94 bits per heavy atom. The minimum atomic E-state index is 0.200. The van der Waals surface area contributed by atoms with Crippen molar-refractivity contribution in [2.75, 3.05) is 6.54 Å². The van der Waals surface area contributed by atoms with Gasteiger partial charge in [-0.3, -0.25) is 4.99 Å². The van der Waals surface area contributed by atoms with Gasteiger partial charge in [-0.1, -0.05) is 24.6 Å². The third kappa shape index (κ3) is 2.50. The van der Waals surface area contributed by atoms with E-state index in [1.54, 1.807) is 0 Å². The van der Waals surface area contributed by atoms with Gasteiger partial charge < -0.3 is 10.6 Å². The van der Waals surface area contributed by atoms with Crippen LogP contribution in [0, 0.1) is 0 Å². The molecular weight excluding hydrogens is 314 g/mol. The van der Waals surface area contributed by atoms with Crippen molar-refractivity contribution >= 4 is 33.5 Å². The SMILES string of the molecule is CCC(C)N1C(N)=NCC1c1ccc(Br)c(Cl)c1. The molecule has 18 heavy (non-hydrogen) atoms. The summed E-state index contributed by atoms with van der Waals surface area (Å²) in [4.78, 5) is 6.54. The molecule has 0 saturated heterocycles. The maximum absolute atomic E-state index is 6.16. The molecule has 0 spiro atoms. The molecule has 0 amide bonds. The Bertz CT molecular complexity index is 475. The molecule has 1 aromatic carbocycles. The van der Waals surface area contributed by atoms with E-state index in [9.17, 15) is 0 Å². The Morgan fingerprint density at radius 1 is 1.61 bits per heavy atom. The number of nitrogens with two attached hydrogens (primary N) is 1. The van der Waals surface area contributed by atoms with Crippen molar-refractivity contribution in [1.82, 2.24) is 4.90 Å². The zero-order valence-electron chi connectivity index (χ0n) is 10.5. The normalized spacial score (nSPS) is 21.0. The molecule has 1 aromatic rings. The minimum absolute atomic E-state index is 0.200. The molecule has 98 valence electrons. The third-order valence-corrected chi connectivity index (χ3v) is 4.65. The lowest BCUT2D eigenvalue weighted by atomic mass is 10.0. The predicted molar refractivity (Wildman–Crippen MR) is 80.0 cm³/mol. The van der Waals surface area contributed by atoms with E-state index in [-0.39, 0.29) is 6.04 Å². The molecule has 2 rings (SSSR count). The molecule has 0 aliphatic carbocycles. The highest BCUT2D eigenvalue weighted by molar-refractivity contribution is 9.10. The van der Waals surface area contributed by atoms with E-state index in [0.717, 1.165) is 21.5 Å². The topological polar surface area (TPSA) is 41.6 Å². The molecule has 1 heterocycles. The maximum atomic E-state index is 6.16. The Morgan fingerprint density at radius 2 is 2.33 bits per heavy atom. The van der Waals surface area contributed by atoms with E-state index in [4.69, 9.17) is 17.3 Å². The minimum Gasteiger partial charge on any atom is -0.370 e. The summed E-state index contributed by atoms with van der Waals surface area (Å²) in [6, 6.07) is 6.61. The van der Waals surface area contributed by atoms with Crippen LogP contribution in [0.4, 0.5) is 0 Å². The van der Waals surface area contributed by atoms with Crippen molar-refractivity contribution in [2.45, 2.75) is 32.4 Å². The lowest BCUT2D eigenvalue weighted by Crippen LogP contribution is -2.42. The van der Waals surface area contributed by atoms with Crippen LogP contribution in [0.3, 0.4) is 0 Å². The summed E-state index contributed by atoms with van der Waals surface area (Å²) in [5.74, 6) is 0.633. The average Bonchev–Trinajstić information content (AvgIpc) is 2.74. The first-order chi connectivity index (χ1) is 8.54. The average molecular weight is 331 g/mol. The molecule has 0 aromatic heterocycles. The molecule has 0 saturated carbocycles. The van der Waals surface area contributed by atoms with E-state index < -0.39 is 0 Å². The van der Waals surface area contributed by atoms with Crippen molar-refractivity contribution in [3.8, 4) is 0 Å². The Balaban J connectivity index is 2.30. The van der Waals surface area contributed by atoms with Gasteiger partial charge in [0.1, 0.15) is 0 Å². The van der Waals surface area contributed by atoms with Crippen molar-refractivity contribution in [3.63, 3.8) is 0 Å². The van der Waals surface area contributed by atoms with Gasteiger partial charge in [-0.15, -0.1) is 0 Å². The smallest absolute Gasteiger partial charge is 0.192 e. The lowest BCUT2D eigenvalue weighted by Gasteiger charge is -2.32. The van der Waals surface area contributed by atoms with Crippen LogP contribution >= 0.6 is 27.5 Å². The van der Waals surface area contributed by atoms with Gasteiger partial charge in [0, 0.05) is 10.5 Å². The van der Waals surface area contributed by atoms with Crippen LogP contribution in [0.1, 0.15) is 31.9 Å². The molecular formula is C13H17BrClN3. The molecule has 1 aliphatic heterocycles. The molecule has 2 atom stereocenters. The summed E-state index contributed by atoms with van der Waals surface area (Å²) in [6.45, 7) is 5.02. The number of hydrogen-bond donors (Lipinski definition) is 1. The van der Waals surface area contributed by atoms with Crippen LogP contribution in [0.15, 0.2) is 27.7 Å². The molecule has 1 aliphatic rings. The second-order valence-electron chi connectivity index (χ2n) is 4.55. The van der Waals surface area contributed by atoms with E-state index in [1.165, 1.54) is 0 Å². The van der Waals surface area contributed by atoms with Gasteiger partial charge in [0.15, 0.2) is 5.96 Å². The van der Waals surface area contributed by atoms with Gasteiger partial charge in [0.2, 0.25) is 0 Å². The highest BCUT2D eigenvalue weighted by Gasteiger charge is 2.30. The maximum Gasteiger partial charge on any atom is 0.192 e. The molecule has 0 radical (unpaired) electrons. The second-order valence-corrected chi connectivity index (χ2v) is 5.81. The summed E-state index contributed by atoms with van der Waals surface area (Å²) in [5, 5.41) is 0.724. The number of benzene rings is 1. The van der Waals surface area contributed by atoms with Crippen LogP contribution in [-0.2, 0) is 0 Å². The fourth-order valence-electron chi connectivity index (χ4n) is 2.22. The zero-order chi connectivity index (χ0) is 13.3. The highest BCUT2D eigenvalue weighted by atomic mass is 79.9. The number of aliphatic imine (C=N–C) groups is 1. The van der Waals surface area contributed by atoms with Crippen LogP contribution in [-0.4, -0.2) is 23.4 Å². The largest absolute Gasteiger partial charge is 0.370 e. The zero-order valence-corrected chi connectivity index (χ0v) is 12.9. The summed E-state index contributed by atoms with van der Waals surface area (Å²) >= 11 is 9.56. The van der Waals surface area contributed by atoms with Gasteiger partial charge >= 0.3 is 0 Å². The third-order valence-electron chi connectivity index (χ3n) is 3.42. The van der Waals surface area contributed by atoms with Gasteiger partial charge in [-0.25, -0.2) is 0 Å². The van der Waals surface area contributed by atoms with Gasteiger partial charge in [0.05, 0.1) is 17.6 Å². The molecule has 0 fully saturated rings. The van der Waals surface area contributed by atoms with Crippen molar-refractivity contribution in [1.29, 1.82) is 0 Å². The van der Waals surface area contributed by atoms with Crippen LogP contribution < -0.4 is 5.73 Å². The number of rotatable bonds is 3. The van der Waals surface area contributed by atoms with Gasteiger partial charge in [-0.2, -0.15) is 0 Å². The van der Waals surface area contributed by atoms with Gasteiger partial charge in [0.25, 0.3) is 0 Å². The Kier molecular flexibility index (Phi) is 4.17. The fraction of sp³-hybridized carbons (Fsp3) is 0.462. The number of nitrogens with zero attached hydrogens (tertiary/aromatic N) is 2. The molecule has 0 bridgehead atoms. The number of halogens is 2. The Hall–Kier alpha value is -0.740. The first-order valence-electron chi connectivity index (χ1n) is 6.07. The molecule has 5 heteroatoms. The summed E-state index contributed by atoms with van der Waals surface area (Å²) in [7, 11) is 0. The monoisotopic (exact) mass is 329 g/mol. The quantitative estimate of drug-likeness (QED) is 0.920. The van der Waals surface area contributed by atoms with Crippen LogP contribution in [0.25, 0.3) is 0 Å². The lowest BCUT2D eigenvalue weighted by molar-refractivity contribution is 0.268. The van der Waals surface area contributed by atoms with Crippen molar-refractivity contribution in [2.24, 2.45) is 10.7 Å². The van der Waals surface area contributed by atoms with Crippen LogP contribution in [0.2, 0.25) is 5.02 Å².